The maximum atomic E-state index is 5.33. The highest BCUT2D eigenvalue weighted by atomic mass is 79.9. The Morgan fingerprint density at radius 3 is 2.67 bits per heavy atom. The highest BCUT2D eigenvalue weighted by Crippen LogP contribution is 2.23. The largest absolute Gasteiger partial charge is 0.493 e. The Labute approximate surface area is 63.0 Å². The van der Waals surface area contributed by atoms with Crippen LogP contribution in [-0.4, -0.2) is 12.2 Å². The first-order valence-electron chi connectivity index (χ1n) is 2.76. The second-order valence-corrected chi connectivity index (χ2v) is 3.38. The first-order valence-corrected chi connectivity index (χ1v) is 3.56. The molecule has 0 bridgehead atoms. The minimum atomic E-state index is -0.187. The second-order valence-electron chi connectivity index (χ2n) is 2.59. The van der Waals surface area contributed by atoms with Crippen LogP contribution in [0.25, 0.3) is 0 Å². The van der Waals surface area contributed by atoms with Gasteiger partial charge >= 0.3 is 0 Å². The van der Waals surface area contributed by atoms with Gasteiger partial charge in [-0.2, -0.15) is 0 Å². The average molecular weight is 193 g/mol. The van der Waals surface area contributed by atoms with Crippen LogP contribution >= 0.6 is 15.9 Å². The number of ether oxygens (including phenoxy) is 2. The third kappa shape index (κ3) is 1.90. The lowest BCUT2D eigenvalue weighted by molar-refractivity contribution is -0.0361. The smallest absolute Gasteiger partial charge is 0.197 e. The van der Waals surface area contributed by atoms with Gasteiger partial charge in [0.05, 0.1) is 0 Å². The van der Waals surface area contributed by atoms with Gasteiger partial charge in [0.15, 0.2) is 4.67 Å². The van der Waals surface area contributed by atoms with E-state index in [0.29, 0.717) is 11.3 Å². The van der Waals surface area contributed by atoms with E-state index in [0.717, 1.165) is 0 Å². The Morgan fingerprint density at radius 1 is 1.67 bits per heavy atom. The molecule has 3 heteroatoms. The van der Waals surface area contributed by atoms with Crippen LogP contribution in [0.4, 0.5) is 0 Å². The lowest BCUT2D eigenvalue weighted by atomic mass is 10.1. The van der Waals surface area contributed by atoms with Crippen LogP contribution in [0.2, 0.25) is 0 Å². The third-order valence-electron chi connectivity index (χ3n) is 0.981. The molecule has 9 heavy (non-hydrogen) atoms. The molecule has 52 valence electrons. The van der Waals surface area contributed by atoms with Gasteiger partial charge in [0.25, 0.3) is 0 Å². The van der Waals surface area contributed by atoms with E-state index >= 15 is 0 Å². The van der Waals surface area contributed by atoms with Crippen molar-refractivity contribution in [1.29, 1.82) is 0 Å². The molecule has 1 rings (SSSR count). The Kier molecular flexibility index (Phi) is 1.70. The Morgan fingerprint density at radius 2 is 2.33 bits per heavy atom. The summed E-state index contributed by atoms with van der Waals surface area (Å²) in [5, 5.41) is 0. The fourth-order valence-corrected chi connectivity index (χ4v) is 1.20. The quantitative estimate of drug-likeness (QED) is 0.585. The molecular weight excluding hydrogens is 184 g/mol. The molecule has 2 nitrogen and oxygen atoms in total. The van der Waals surface area contributed by atoms with E-state index < -0.39 is 0 Å². The SMILES string of the molecule is CC1(C)COC=C(Br)O1. The fourth-order valence-electron chi connectivity index (χ4n) is 0.625. The fraction of sp³-hybridized carbons (Fsp3) is 0.667. The molecule has 1 aliphatic rings. The summed E-state index contributed by atoms with van der Waals surface area (Å²) in [5.74, 6) is 0. The summed E-state index contributed by atoms with van der Waals surface area (Å²) >= 11 is 3.18. The van der Waals surface area contributed by atoms with Crippen molar-refractivity contribution < 1.29 is 9.47 Å². The summed E-state index contributed by atoms with van der Waals surface area (Å²) in [5.41, 5.74) is -0.187. The summed E-state index contributed by atoms with van der Waals surface area (Å²) in [4.78, 5) is 0. The number of rotatable bonds is 0. The van der Waals surface area contributed by atoms with Gasteiger partial charge in [0.1, 0.15) is 18.5 Å². The zero-order valence-electron chi connectivity index (χ0n) is 5.48. The van der Waals surface area contributed by atoms with E-state index in [2.05, 4.69) is 15.9 Å². The maximum absolute atomic E-state index is 5.33. The standard InChI is InChI=1S/C6H9BrO2/c1-6(2)4-8-3-5(7)9-6/h3H,4H2,1-2H3. The van der Waals surface area contributed by atoms with Crippen LogP contribution in [0.5, 0.6) is 0 Å². The van der Waals surface area contributed by atoms with Crippen LogP contribution in [0.15, 0.2) is 10.9 Å². The van der Waals surface area contributed by atoms with Crippen molar-refractivity contribution in [3.8, 4) is 0 Å². The van der Waals surface area contributed by atoms with Crippen molar-refractivity contribution in [1.82, 2.24) is 0 Å². The predicted molar refractivity (Wildman–Crippen MR) is 38.1 cm³/mol. The molecule has 1 heterocycles. The van der Waals surface area contributed by atoms with E-state index in [1.54, 1.807) is 6.26 Å². The molecule has 0 amide bonds. The molecular formula is C6H9BrO2. The van der Waals surface area contributed by atoms with E-state index in [1.165, 1.54) is 0 Å². The van der Waals surface area contributed by atoms with Crippen LogP contribution in [0, 0.1) is 0 Å². The van der Waals surface area contributed by atoms with Gasteiger partial charge in [-0.3, -0.25) is 0 Å². The van der Waals surface area contributed by atoms with Gasteiger partial charge in [-0.15, -0.1) is 0 Å². The van der Waals surface area contributed by atoms with Gasteiger partial charge in [-0.25, -0.2) is 0 Å². The molecule has 0 aromatic heterocycles. The van der Waals surface area contributed by atoms with Gasteiger partial charge in [0.2, 0.25) is 0 Å². The van der Waals surface area contributed by atoms with Crippen LogP contribution in [0.1, 0.15) is 13.8 Å². The Hall–Kier alpha value is -0.180. The first-order chi connectivity index (χ1) is 4.10. The Bertz CT molecular complexity index is 140. The van der Waals surface area contributed by atoms with E-state index in [1.807, 2.05) is 13.8 Å². The number of hydrogen-bond donors (Lipinski definition) is 0. The highest BCUT2D eigenvalue weighted by Gasteiger charge is 2.23. The topological polar surface area (TPSA) is 18.5 Å². The molecule has 0 aromatic rings. The van der Waals surface area contributed by atoms with E-state index in [9.17, 15) is 0 Å². The van der Waals surface area contributed by atoms with Crippen molar-refractivity contribution in [2.24, 2.45) is 0 Å². The van der Waals surface area contributed by atoms with Crippen molar-refractivity contribution in [3.63, 3.8) is 0 Å². The van der Waals surface area contributed by atoms with Gasteiger partial charge in [0, 0.05) is 0 Å². The van der Waals surface area contributed by atoms with Crippen LogP contribution in [0.3, 0.4) is 0 Å². The summed E-state index contributed by atoms with van der Waals surface area (Å²) in [6.07, 6.45) is 1.56. The van der Waals surface area contributed by atoms with Crippen LogP contribution < -0.4 is 0 Å². The van der Waals surface area contributed by atoms with Crippen molar-refractivity contribution in [2.75, 3.05) is 6.61 Å². The monoisotopic (exact) mass is 192 g/mol. The normalized spacial score (nSPS) is 23.7. The van der Waals surface area contributed by atoms with E-state index in [4.69, 9.17) is 9.47 Å². The summed E-state index contributed by atoms with van der Waals surface area (Å²) in [6.45, 7) is 4.56. The molecule has 0 unspecified atom stereocenters. The first kappa shape index (κ1) is 6.93. The summed E-state index contributed by atoms with van der Waals surface area (Å²) in [7, 11) is 0. The lowest BCUT2D eigenvalue weighted by Gasteiger charge is -2.28. The zero-order valence-corrected chi connectivity index (χ0v) is 7.06. The average Bonchev–Trinajstić information content (AvgIpc) is 1.60. The molecule has 1 aliphatic heterocycles. The molecule has 0 saturated heterocycles. The Balaban J connectivity index is 2.59. The molecule has 0 aliphatic carbocycles. The molecule has 0 spiro atoms. The maximum Gasteiger partial charge on any atom is 0.197 e. The summed E-state index contributed by atoms with van der Waals surface area (Å²) in [6, 6.07) is 0. The highest BCUT2D eigenvalue weighted by molar-refractivity contribution is 9.11. The third-order valence-corrected chi connectivity index (χ3v) is 1.33. The minimum Gasteiger partial charge on any atom is -0.493 e. The second kappa shape index (κ2) is 2.21. The number of halogens is 1. The van der Waals surface area contributed by atoms with Gasteiger partial charge in [-0.05, 0) is 29.8 Å². The molecule has 0 aromatic carbocycles. The molecule has 0 saturated carbocycles. The van der Waals surface area contributed by atoms with Gasteiger partial charge < -0.3 is 9.47 Å². The molecule has 0 N–H and O–H groups in total. The summed E-state index contributed by atoms with van der Waals surface area (Å²) < 4.78 is 11.1. The van der Waals surface area contributed by atoms with Crippen molar-refractivity contribution >= 4 is 15.9 Å². The minimum absolute atomic E-state index is 0.187. The van der Waals surface area contributed by atoms with Crippen LogP contribution in [-0.2, 0) is 9.47 Å². The van der Waals surface area contributed by atoms with Crippen molar-refractivity contribution in [2.45, 2.75) is 19.4 Å². The molecule has 0 radical (unpaired) electrons. The van der Waals surface area contributed by atoms with Gasteiger partial charge in [-0.1, -0.05) is 0 Å². The predicted octanol–water partition coefficient (Wildman–Crippen LogP) is 2.01. The lowest BCUT2D eigenvalue weighted by Crippen LogP contribution is -2.31. The molecule has 0 fully saturated rings. The van der Waals surface area contributed by atoms with E-state index in [-0.39, 0.29) is 5.60 Å². The number of hydrogen-bond acceptors (Lipinski definition) is 2. The zero-order chi connectivity index (χ0) is 6.91. The van der Waals surface area contributed by atoms with Crippen molar-refractivity contribution in [3.05, 3.63) is 10.9 Å². The molecule has 0 atom stereocenters.